The van der Waals surface area contributed by atoms with Crippen molar-refractivity contribution in [2.45, 2.75) is 6.42 Å². The molecule has 0 bridgehead atoms. The first-order valence-electron chi connectivity index (χ1n) is 2.34. The third kappa shape index (κ3) is 4.09. The van der Waals surface area contributed by atoms with E-state index in [1.54, 1.807) is 6.08 Å². The van der Waals surface area contributed by atoms with Gasteiger partial charge in [-0.05, 0) is 0 Å². The SMILES string of the molecule is I.I.O=[C]([Co])C1=CC=CC1. The molecule has 0 aromatic carbocycles. The van der Waals surface area contributed by atoms with E-state index in [1.165, 1.54) is 0 Å². The van der Waals surface area contributed by atoms with E-state index >= 15 is 0 Å². The van der Waals surface area contributed by atoms with Gasteiger partial charge in [0, 0.05) is 0 Å². The summed E-state index contributed by atoms with van der Waals surface area (Å²) >= 11 is 3.69. The molecular formula is C6H7CoI2O. The van der Waals surface area contributed by atoms with Crippen LogP contribution in [0, 0.1) is 0 Å². The van der Waals surface area contributed by atoms with Gasteiger partial charge in [0.05, 0.1) is 0 Å². The topological polar surface area (TPSA) is 17.1 Å². The third-order valence-corrected chi connectivity index (χ3v) is 1.34. The van der Waals surface area contributed by atoms with E-state index in [0.29, 0.717) is 0 Å². The van der Waals surface area contributed by atoms with Crippen molar-refractivity contribution >= 4 is 52.7 Å². The molecule has 0 atom stereocenters. The first kappa shape index (κ1) is 13.7. The Bertz CT molecular complexity index is 175. The Kier molecular flexibility index (Phi) is 9.31. The fraction of sp³-hybridized carbons (Fsp3) is 0.167. The van der Waals surface area contributed by atoms with Gasteiger partial charge in [0.25, 0.3) is 0 Å². The molecule has 0 aliphatic heterocycles. The molecule has 1 nitrogen and oxygen atoms in total. The molecule has 0 amide bonds. The predicted molar refractivity (Wildman–Crippen MR) is 57.7 cm³/mol. The summed E-state index contributed by atoms with van der Waals surface area (Å²) in [5.74, 6) is 0. The minimum absolute atomic E-state index is 0. The van der Waals surface area contributed by atoms with Crippen molar-refractivity contribution in [1.29, 1.82) is 0 Å². The van der Waals surface area contributed by atoms with Crippen molar-refractivity contribution < 1.29 is 20.5 Å². The average Bonchev–Trinajstić information content (AvgIpc) is 2.12. The second kappa shape index (κ2) is 6.80. The van der Waals surface area contributed by atoms with Gasteiger partial charge < -0.3 is 0 Å². The van der Waals surface area contributed by atoms with Crippen molar-refractivity contribution in [3.05, 3.63) is 23.8 Å². The molecule has 0 N–H and O–H groups in total. The molecule has 1 rings (SSSR count). The Morgan fingerprint density at radius 3 is 2.30 bits per heavy atom. The van der Waals surface area contributed by atoms with E-state index in [1.807, 2.05) is 12.2 Å². The first-order valence-corrected chi connectivity index (χ1v) is 2.86. The summed E-state index contributed by atoms with van der Waals surface area (Å²) in [6, 6.07) is 0. The van der Waals surface area contributed by atoms with Crippen LogP contribution in [0.4, 0.5) is 0 Å². The molecule has 0 heterocycles. The van der Waals surface area contributed by atoms with Crippen LogP contribution < -0.4 is 0 Å². The first-order chi connectivity index (χ1) is 3.80. The average molecular weight is 408 g/mol. The number of hydrogen-bond donors (Lipinski definition) is 0. The molecule has 1 aliphatic carbocycles. The molecule has 0 saturated heterocycles. The fourth-order valence-corrected chi connectivity index (χ4v) is 0.778. The van der Waals surface area contributed by atoms with Gasteiger partial charge in [0.1, 0.15) is 0 Å². The molecule has 0 saturated carbocycles. The van der Waals surface area contributed by atoms with Crippen LogP contribution in [0.25, 0.3) is 0 Å². The summed E-state index contributed by atoms with van der Waals surface area (Å²) in [4.78, 5) is 10.4. The van der Waals surface area contributed by atoms with Crippen molar-refractivity contribution in [3.63, 3.8) is 0 Å². The van der Waals surface area contributed by atoms with Crippen LogP contribution >= 0.6 is 48.0 Å². The monoisotopic (exact) mass is 408 g/mol. The quantitative estimate of drug-likeness (QED) is 0.609. The van der Waals surface area contributed by atoms with Crippen LogP contribution in [0.3, 0.4) is 0 Å². The molecule has 4 heteroatoms. The van der Waals surface area contributed by atoms with E-state index in [2.05, 4.69) is 15.7 Å². The van der Waals surface area contributed by atoms with Gasteiger partial charge in [0.2, 0.25) is 0 Å². The summed E-state index contributed by atoms with van der Waals surface area (Å²) in [6.45, 7) is 0. The molecule has 1 aliphatic rings. The van der Waals surface area contributed by atoms with Gasteiger partial charge in [-0.3, -0.25) is 0 Å². The minimum atomic E-state index is -0.123. The van der Waals surface area contributed by atoms with Crippen LogP contribution in [-0.2, 0) is 20.5 Å². The van der Waals surface area contributed by atoms with E-state index < -0.39 is 0 Å². The third-order valence-electron chi connectivity index (χ3n) is 1.01. The number of hydrogen-bond acceptors (Lipinski definition) is 1. The second-order valence-electron chi connectivity index (χ2n) is 1.58. The van der Waals surface area contributed by atoms with Gasteiger partial charge in [0.15, 0.2) is 0 Å². The number of carbonyl (C=O) groups is 1. The molecule has 0 unspecified atom stereocenters. The summed E-state index contributed by atoms with van der Waals surface area (Å²) < 4.78 is -0.123. The number of allylic oxidation sites excluding steroid dienone is 4. The Balaban J connectivity index is 0. The van der Waals surface area contributed by atoms with Crippen LogP contribution in [0.5, 0.6) is 0 Å². The van der Waals surface area contributed by atoms with Gasteiger partial charge in [-0.15, -0.1) is 48.0 Å². The zero-order valence-corrected chi connectivity index (χ0v) is 10.7. The van der Waals surface area contributed by atoms with Gasteiger partial charge in [-0.2, -0.15) is 0 Å². The van der Waals surface area contributed by atoms with Gasteiger partial charge in [-0.1, -0.05) is 0 Å². The molecule has 0 radical (unpaired) electrons. The van der Waals surface area contributed by atoms with Crippen molar-refractivity contribution in [2.24, 2.45) is 0 Å². The maximum absolute atomic E-state index is 10.4. The zero-order chi connectivity index (χ0) is 5.98. The van der Waals surface area contributed by atoms with Crippen LogP contribution in [0.15, 0.2) is 23.8 Å². The predicted octanol–water partition coefficient (Wildman–Crippen LogP) is 2.18. The van der Waals surface area contributed by atoms with Crippen molar-refractivity contribution in [2.75, 3.05) is 0 Å². The second-order valence-corrected chi connectivity index (χ2v) is 2.05. The fourth-order valence-electron chi connectivity index (χ4n) is 0.585. The summed E-state index contributed by atoms with van der Waals surface area (Å²) in [7, 11) is 0. The molecule has 0 aromatic rings. The standard InChI is InChI=1S/C6H5O.Co.2HI/c7-5-6-3-1-2-4-6;;;/h1-3H,4H2;;2*1H. The number of carbonyl (C=O) groups excluding carboxylic acids is 1. The normalized spacial score (nSPS) is 13.2. The summed E-state index contributed by atoms with van der Waals surface area (Å²) in [5.41, 5.74) is 0.782. The Labute approximate surface area is 102 Å². The van der Waals surface area contributed by atoms with E-state index in [-0.39, 0.29) is 52.7 Å². The summed E-state index contributed by atoms with van der Waals surface area (Å²) in [5, 5.41) is 0. The van der Waals surface area contributed by atoms with Crippen molar-refractivity contribution in [1.82, 2.24) is 0 Å². The van der Waals surface area contributed by atoms with Gasteiger partial charge >= 0.3 is 55.5 Å². The van der Waals surface area contributed by atoms with Crippen molar-refractivity contribution in [3.8, 4) is 0 Å². The number of rotatable bonds is 1. The Morgan fingerprint density at radius 2 is 2.10 bits per heavy atom. The Morgan fingerprint density at radius 1 is 1.50 bits per heavy atom. The molecule has 60 valence electrons. The molecule has 0 aromatic heterocycles. The molecule has 10 heavy (non-hydrogen) atoms. The van der Waals surface area contributed by atoms with E-state index in [0.717, 1.165) is 12.0 Å². The summed E-state index contributed by atoms with van der Waals surface area (Å²) in [6.07, 6.45) is 6.33. The van der Waals surface area contributed by atoms with Crippen LogP contribution in [0.1, 0.15) is 6.42 Å². The zero-order valence-electron chi connectivity index (χ0n) is 5.00. The molecular weight excluding hydrogens is 401 g/mol. The maximum atomic E-state index is 10.4. The molecule has 0 spiro atoms. The van der Waals surface area contributed by atoms with E-state index in [9.17, 15) is 4.79 Å². The molecule has 0 fully saturated rings. The van der Waals surface area contributed by atoms with Crippen LogP contribution in [0.2, 0.25) is 0 Å². The number of halogens is 2. The van der Waals surface area contributed by atoms with E-state index in [4.69, 9.17) is 0 Å². The van der Waals surface area contributed by atoms with Crippen LogP contribution in [-0.4, -0.2) is 4.72 Å². The van der Waals surface area contributed by atoms with Gasteiger partial charge in [-0.25, -0.2) is 0 Å². The Hall–Kier alpha value is 1.12.